The summed E-state index contributed by atoms with van der Waals surface area (Å²) < 4.78 is 0. The van der Waals surface area contributed by atoms with Gasteiger partial charge >= 0.3 is 5.97 Å². The van der Waals surface area contributed by atoms with Crippen LogP contribution in [-0.2, 0) is 4.79 Å². The molecule has 4 aliphatic carbocycles. The Morgan fingerprint density at radius 3 is 2.41 bits per heavy atom. The van der Waals surface area contributed by atoms with Crippen molar-refractivity contribution in [2.75, 3.05) is 6.61 Å². The minimum Gasteiger partial charge on any atom is -0.480 e. The van der Waals surface area contributed by atoms with E-state index in [-0.39, 0.29) is 47.7 Å². The first kappa shape index (κ1) is 32.8. The molecule has 0 saturated heterocycles. The third-order valence-corrected chi connectivity index (χ3v) is 13.1. The molecule has 0 aromatic carbocycles. The molecule has 6 unspecified atom stereocenters. The molecule has 0 amide bonds. The van der Waals surface area contributed by atoms with Crippen molar-refractivity contribution >= 4 is 5.97 Å². The van der Waals surface area contributed by atoms with Gasteiger partial charge in [-0.1, -0.05) is 46.3 Å². The van der Waals surface area contributed by atoms with Crippen molar-refractivity contribution in [1.29, 1.82) is 0 Å². The molecule has 4 rings (SSSR count). The van der Waals surface area contributed by atoms with Gasteiger partial charge in [0.15, 0.2) is 0 Å². The zero-order chi connectivity index (χ0) is 30.7. The lowest BCUT2D eigenvalue weighted by Crippen LogP contribution is -2.74. The second-order valence-corrected chi connectivity index (χ2v) is 14.8. The summed E-state index contributed by atoms with van der Waals surface area (Å²) in [5.41, 5.74) is -1.49. The van der Waals surface area contributed by atoms with Gasteiger partial charge in [-0.05, 0) is 98.2 Å². The van der Waals surface area contributed by atoms with E-state index in [2.05, 4.69) is 32.2 Å². The molecule has 9 nitrogen and oxygen atoms in total. The van der Waals surface area contributed by atoms with Crippen LogP contribution in [0.2, 0.25) is 0 Å². The molecule has 0 bridgehead atoms. The predicted octanol–water partition coefficient (Wildman–Crippen LogP) is 2.41. The SMILES string of the molecule is CC[C@@H](O)CC[C@@]1(C)C(CO)CC[C@]2(C)C1CC=C1C3CC(C)C(O)[C@H](O)[C@]3(C(O)N[C@@H](C)C(=O)O)[C@H](O)C[C@]12C. The van der Waals surface area contributed by atoms with Crippen molar-refractivity contribution in [3.63, 3.8) is 0 Å². The molecule has 0 aromatic heterocycles. The number of carbonyl (C=O) groups is 1. The smallest absolute Gasteiger partial charge is 0.320 e. The first-order chi connectivity index (χ1) is 19.1. The fraction of sp³-hybridized carbons (Fsp3) is 0.906. The second-order valence-electron chi connectivity index (χ2n) is 14.8. The van der Waals surface area contributed by atoms with E-state index < -0.39 is 53.3 Å². The molecule has 3 fully saturated rings. The molecule has 0 aromatic rings. The number of allylic oxidation sites excluding steroid dienone is 2. The van der Waals surface area contributed by atoms with Crippen molar-refractivity contribution in [3.8, 4) is 0 Å². The third kappa shape index (κ3) is 4.73. The van der Waals surface area contributed by atoms with Gasteiger partial charge in [-0.3, -0.25) is 10.1 Å². The summed E-state index contributed by atoms with van der Waals surface area (Å²) in [6.45, 7) is 12.1. The van der Waals surface area contributed by atoms with E-state index in [0.717, 1.165) is 31.3 Å². The Hall–Kier alpha value is -1.07. The van der Waals surface area contributed by atoms with E-state index in [1.165, 1.54) is 6.92 Å². The van der Waals surface area contributed by atoms with Gasteiger partial charge in [-0.25, -0.2) is 0 Å². The van der Waals surface area contributed by atoms with E-state index in [1.807, 2.05) is 13.8 Å². The van der Waals surface area contributed by atoms with Crippen LogP contribution in [0.4, 0.5) is 0 Å². The number of carboxylic acid groups (broad SMARTS) is 1. The highest BCUT2D eigenvalue weighted by atomic mass is 16.4. The van der Waals surface area contributed by atoms with Crippen LogP contribution in [0.15, 0.2) is 11.6 Å². The maximum absolute atomic E-state index is 12.1. The van der Waals surface area contributed by atoms with Crippen LogP contribution in [0.1, 0.15) is 92.9 Å². The third-order valence-electron chi connectivity index (χ3n) is 13.1. The van der Waals surface area contributed by atoms with E-state index in [9.17, 15) is 40.5 Å². The molecule has 9 heteroatoms. The zero-order valence-electron chi connectivity index (χ0n) is 25.8. The van der Waals surface area contributed by atoms with Gasteiger partial charge in [-0.15, -0.1) is 0 Å². The largest absolute Gasteiger partial charge is 0.480 e. The summed E-state index contributed by atoms with van der Waals surface area (Å²) in [7, 11) is 0. The van der Waals surface area contributed by atoms with Crippen LogP contribution in [0.25, 0.3) is 0 Å². The topological polar surface area (TPSA) is 171 Å². The van der Waals surface area contributed by atoms with Crippen molar-refractivity contribution in [3.05, 3.63) is 11.6 Å². The zero-order valence-corrected chi connectivity index (χ0v) is 25.8. The second kappa shape index (κ2) is 11.5. The number of carboxylic acids is 1. The van der Waals surface area contributed by atoms with E-state index in [1.54, 1.807) is 0 Å². The Morgan fingerprint density at radius 2 is 1.83 bits per heavy atom. The van der Waals surface area contributed by atoms with E-state index in [0.29, 0.717) is 19.3 Å². The lowest BCUT2D eigenvalue weighted by Gasteiger charge is -2.70. The first-order valence-electron chi connectivity index (χ1n) is 15.8. The number of aliphatic hydroxyl groups is 6. The first-order valence-corrected chi connectivity index (χ1v) is 15.8. The van der Waals surface area contributed by atoms with Crippen LogP contribution in [0.3, 0.4) is 0 Å². The Morgan fingerprint density at radius 1 is 1.17 bits per heavy atom. The maximum atomic E-state index is 12.1. The Bertz CT molecular complexity index is 1010. The minimum atomic E-state index is -1.58. The van der Waals surface area contributed by atoms with Gasteiger partial charge in [0.1, 0.15) is 12.3 Å². The molecule has 0 aliphatic heterocycles. The van der Waals surface area contributed by atoms with Gasteiger partial charge in [0.25, 0.3) is 0 Å². The van der Waals surface area contributed by atoms with Crippen LogP contribution in [0, 0.1) is 45.3 Å². The molecule has 0 spiro atoms. The average Bonchev–Trinajstić information content (AvgIpc) is 2.91. The molecule has 3 saturated carbocycles. The number of aliphatic hydroxyl groups excluding tert-OH is 6. The summed E-state index contributed by atoms with van der Waals surface area (Å²) in [6.07, 6.45) is 1.68. The van der Waals surface area contributed by atoms with Crippen molar-refractivity contribution in [2.45, 2.75) is 130 Å². The highest BCUT2D eigenvalue weighted by molar-refractivity contribution is 5.72. The summed E-state index contributed by atoms with van der Waals surface area (Å²) in [6, 6.07) is -1.13. The number of fused-ring (bicyclic) bond motifs is 5. The summed E-state index contributed by atoms with van der Waals surface area (Å²) >= 11 is 0. The number of hydrogen-bond acceptors (Lipinski definition) is 8. The molecule has 14 atom stereocenters. The van der Waals surface area contributed by atoms with Gasteiger partial charge in [-0.2, -0.15) is 0 Å². The normalized spacial score (nSPS) is 48.2. The standard InChI is InChI=1S/C32H55NO8/c1-7-20(35)11-12-29(4)19(16-34)10-13-30(5)23(29)9-8-21-22-14-17(2)25(37)26(38)32(22,24(36)15-31(21,30)6)28(41)33-18(3)27(39)40/h8,17-20,22-26,28,33-38,41H,7,9-16H2,1-6H3,(H,39,40)/t17?,18-,19?,20+,22?,23?,24+,25?,26-,28?,29-,30+,31+,32+/m0/s1. The summed E-state index contributed by atoms with van der Waals surface area (Å²) in [5.74, 6) is -1.64. The van der Waals surface area contributed by atoms with Crippen LogP contribution in [-0.4, -0.2) is 85.0 Å². The monoisotopic (exact) mass is 581 g/mol. The Labute approximate surface area is 245 Å². The number of nitrogens with one attached hydrogen (secondary N) is 1. The fourth-order valence-electron chi connectivity index (χ4n) is 10.1. The number of rotatable bonds is 9. The van der Waals surface area contributed by atoms with Gasteiger partial charge < -0.3 is 35.7 Å². The van der Waals surface area contributed by atoms with E-state index >= 15 is 0 Å². The lowest BCUT2D eigenvalue weighted by atomic mass is 9.35. The molecular weight excluding hydrogens is 526 g/mol. The van der Waals surface area contributed by atoms with Crippen LogP contribution in [0.5, 0.6) is 0 Å². The molecule has 41 heavy (non-hydrogen) atoms. The van der Waals surface area contributed by atoms with Crippen molar-refractivity contribution < 1.29 is 40.5 Å². The minimum absolute atomic E-state index is 0.0914. The lowest BCUT2D eigenvalue weighted by molar-refractivity contribution is -0.263. The van der Waals surface area contributed by atoms with Gasteiger partial charge in [0.2, 0.25) is 0 Å². The number of aliphatic carboxylic acids is 1. The van der Waals surface area contributed by atoms with Crippen molar-refractivity contribution in [1.82, 2.24) is 5.32 Å². The highest BCUT2D eigenvalue weighted by Crippen LogP contribution is 2.73. The van der Waals surface area contributed by atoms with Crippen LogP contribution < -0.4 is 5.32 Å². The molecule has 8 N–H and O–H groups in total. The van der Waals surface area contributed by atoms with Gasteiger partial charge in [0, 0.05) is 6.61 Å². The molecule has 4 aliphatic rings. The van der Waals surface area contributed by atoms with Gasteiger partial charge in [0.05, 0.1) is 29.8 Å². The molecule has 0 radical (unpaired) electrons. The number of hydrogen-bond donors (Lipinski definition) is 8. The molecule has 0 heterocycles. The summed E-state index contributed by atoms with van der Waals surface area (Å²) in [5, 5.41) is 79.5. The molecule has 236 valence electrons. The predicted molar refractivity (Wildman–Crippen MR) is 154 cm³/mol. The molecular formula is C32H55NO8. The van der Waals surface area contributed by atoms with E-state index in [4.69, 9.17) is 0 Å². The van der Waals surface area contributed by atoms with Crippen LogP contribution >= 0.6 is 0 Å². The Balaban J connectivity index is 1.83. The average molecular weight is 582 g/mol. The fourth-order valence-corrected chi connectivity index (χ4v) is 10.1. The quantitative estimate of drug-likeness (QED) is 0.150. The Kier molecular flexibility index (Phi) is 9.17. The van der Waals surface area contributed by atoms with Crippen molar-refractivity contribution in [2.24, 2.45) is 45.3 Å². The highest BCUT2D eigenvalue weighted by Gasteiger charge is 2.71. The summed E-state index contributed by atoms with van der Waals surface area (Å²) in [4.78, 5) is 11.7. The maximum Gasteiger partial charge on any atom is 0.320 e.